The molecule has 5 heteroatoms. The molecule has 1 fully saturated rings. The normalized spacial score (nSPS) is 18.6. The molecule has 2 amide bonds. The maximum Gasteiger partial charge on any atom is 0.253 e. The number of para-hydroxylation sites is 1. The zero-order valence-electron chi connectivity index (χ0n) is 13.2. The van der Waals surface area contributed by atoms with E-state index in [9.17, 15) is 9.59 Å². The van der Waals surface area contributed by atoms with Crippen LogP contribution in [0.15, 0.2) is 30.3 Å². The summed E-state index contributed by atoms with van der Waals surface area (Å²) in [7, 11) is 0. The summed E-state index contributed by atoms with van der Waals surface area (Å²) >= 11 is 0. The number of carbonyl (C=O) groups is 2. The van der Waals surface area contributed by atoms with Crippen molar-refractivity contribution in [3.63, 3.8) is 0 Å². The van der Waals surface area contributed by atoms with E-state index in [4.69, 9.17) is 4.74 Å². The Morgan fingerprint density at radius 1 is 1.32 bits per heavy atom. The zero-order chi connectivity index (χ0) is 15.9. The predicted molar refractivity (Wildman–Crippen MR) is 85.6 cm³/mol. The number of benzene rings is 1. The molecule has 0 aromatic heterocycles. The SMILES string of the molecule is CCC(CC)C(=O)NCC1CN(c2ccccc2)C(=O)CO1. The highest BCUT2D eigenvalue weighted by Gasteiger charge is 2.28. The van der Waals surface area contributed by atoms with E-state index in [1.165, 1.54) is 0 Å². The van der Waals surface area contributed by atoms with Crippen LogP contribution in [0.2, 0.25) is 0 Å². The first-order chi connectivity index (χ1) is 10.7. The molecule has 0 radical (unpaired) electrons. The maximum atomic E-state index is 12.0. The molecule has 0 aliphatic carbocycles. The van der Waals surface area contributed by atoms with Gasteiger partial charge in [-0.1, -0.05) is 32.0 Å². The van der Waals surface area contributed by atoms with Gasteiger partial charge in [0.05, 0.1) is 12.6 Å². The molecule has 1 aromatic rings. The van der Waals surface area contributed by atoms with Crippen molar-refractivity contribution in [3.05, 3.63) is 30.3 Å². The lowest BCUT2D eigenvalue weighted by atomic mass is 10.0. The molecule has 2 rings (SSSR count). The molecule has 0 bridgehead atoms. The van der Waals surface area contributed by atoms with Crippen LogP contribution in [0.5, 0.6) is 0 Å². The Hall–Kier alpha value is -1.88. The van der Waals surface area contributed by atoms with Crippen LogP contribution < -0.4 is 10.2 Å². The van der Waals surface area contributed by atoms with E-state index in [2.05, 4.69) is 5.32 Å². The second kappa shape index (κ2) is 7.94. The number of carbonyl (C=O) groups excluding carboxylic acids is 2. The fraction of sp³-hybridized carbons (Fsp3) is 0.529. The highest BCUT2D eigenvalue weighted by molar-refractivity contribution is 5.95. The van der Waals surface area contributed by atoms with E-state index < -0.39 is 0 Å². The van der Waals surface area contributed by atoms with Gasteiger partial charge >= 0.3 is 0 Å². The minimum absolute atomic E-state index is 0.0474. The van der Waals surface area contributed by atoms with Crippen LogP contribution in [-0.4, -0.2) is 37.6 Å². The van der Waals surface area contributed by atoms with Crippen molar-refractivity contribution in [3.8, 4) is 0 Å². The Labute approximate surface area is 131 Å². The van der Waals surface area contributed by atoms with E-state index in [0.29, 0.717) is 13.1 Å². The van der Waals surface area contributed by atoms with Crippen LogP contribution in [0.4, 0.5) is 5.69 Å². The van der Waals surface area contributed by atoms with Gasteiger partial charge in [0.1, 0.15) is 6.61 Å². The van der Waals surface area contributed by atoms with Crippen LogP contribution in [-0.2, 0) is 14.3 Å². The Bertz CT molecular complexity index is 500. The summed E-state index contributed by atoms with van der Waals surface area (Å²) in [5, 5.41) is 2.94. The fourth-order valence-corrected chi connectivity index (χ4v) is 2.62. The van der Waals surface area contributed by atoms with Gasteiger partial charge in [0.2, 0.25) is 5.91 Å². The number of hydrogen-bond acceptors (Lipinski definition) is 3. The van der Waals surface area contributed by atoms with E-state index in [1.807, 2.05) is 44.2 Å². The first-order valence-corrected chi connectivity index (χ1v) is 7.90. The van der Waals surface area contributed by atoms with Crippen molar-refractivity contribution < 1.29 is 14.3 Å². The van der Waals surface area contributed by atoms with Gasteiger partial charge in [0.15, 0.2) is 0 Å². The van der Waals surface area contributed by atoms with E-state index in [0.717, 1.165) is 18.5 Å². The van der Waals surface area contributed by atoms with Gasteiger partial charge < -0.3 is 15.0 Å². The second-order valence-corrected chi connectivity index (χ2v) is 5.53. The Kier molecular flexibility index (Phi) is 5.95. The molecule has 1 atom stereocenters. The van der Waals surface area contributed by atoms with Gasteiger partial charge in [-0.2, -0.15) is 0 Å². The van der Waals surface area contributed by atoms with Crippen molar-refractivity contribution in [2.45, 2.75) is 32.8 Å². The molecule has 22 heavy (non-hydrogen) atoms. The quantitative estimate of drug-likeness (QED) is 0.874. The minimum Gasteiger partial charge on any atom is -0.365 e. The first kappa shape index (κ1) is 16.5. The molecule has 1 saturated heterocycles. The lowest BCUT2D eigenvalue weighted by molar-refractivity contribution is -0.130. The summed E-state index contributed by atoms with van der Waals surface area (Å²) in [6, 6.07) is 9.54. The van der Waals surface area contributed by atoms with Crippen LogP contribution in [0.3, 0.4) is 0 Å². The van der Waals surface area contributed by atoms with Gasteiger partial charge in [-0.25, -0.2) is 0 Å². The summed E-state index contributed by atoms with van der Waals surface area (Å²) in [6.45, 7) is 4.99. The number of amides is 2. The van der Waals surface area contributed by atoms with Gasteiger partial charge in [-0.15, -0.1) is 0 Å². The molecule has 5 nitrogen and oxygen atoms in total. The number of nitrogens with zero attached hydrogens (tertiary/aromatic N) is 1. The lowest BCUT2D eigenvalue weighted by Gasteiger charge is -2.33. The molecule has 1 aliphatic rings. The molecule has 0 saturated carbocycles. The highest BCUT2D eigenvalue weighted by Crippen LogP contribution is 2.18. The molecule has 0 spiro atoms. The Morgan fingerprint density at radius 2 is 2.00 bits per heavy atom. The van der Waals surface area contributed by atoms with Crippen molar-refractivity contribution >= 4 is 17.5 Å². The first-order valence-electron chi connectivity index (χ1n) is 7.90. The number of rotatable bonds is 6. The molecule has 1 unspecified atom stereocenters. The Morgan fingerprint density at radius 3 is 2.64 bits per heavy atom. The van der Waals surface area contributed by atoms with Crippen molar-refractivity contribution in [1.29, 1.82) is 0 Å². The minimum atomic E-state index is -0.170. The molecule has 120 valence electrons. The molecular formula is C17H24N2O3. The standard InChI is InChI=1S/C17H24N2O3/c1-3-13(4-2)17(21)18-10-15-11-19(16(20)12-22-15)14-8-6-5-7-9-14/h5-9,13,15H,3-4,10-12H2,1-2H3,(H,18,21). The van der Waals surface area contributed by atoms with Gasteiger partial charge in [0.25, 0.3) is 5.91 Å². The highest BCUT2D eigenvalue weighted by atomic mass is 16.5. The van der Waals surface area contributed by atoms with Crippen LogP contribution in [0.1, 0.15) is 26.7 Å². The zero-order valence-corrected chi connectivity index (χ0v) is 13.2. The molecular weight excluding hydrogens is 280 g/mol. The Balaban J connectivity index is 1.91. The third-order valence-corrected chi connectivity index (χ3v) is 4.06. The molecule has 1 N–H and O–H groups in total. The number of ether oxygens (including phenoxy) is 1. The van der Waals surface area contributed by atoms with E-state index >= 15 is 0 Å². The van der Waals surface area contributed by atoms with Crippen LogP contribution >= 0.6 is 0 Å². The topological polar surface area (TPSA) is 58.6 Å². The number of anilines is 1. The predicted octanol–water partition coefficient (Wildman–Crippen LogP) is 1.97. The van der Waals surface area contributed by atoms with E-state index in [-0.39, 0.29) is 30.4 Å². The number of morpholine rings is 1. The summed E-state index contributed by atoms with van der Waals surface area (Å²) in [6.07, 6.45) is 1.50. The maximum absolute atomic E-state index is 12.0. The lowest BCUT2D eigenvalue weighted by Crippen LogP contribution is -2.51. The van der Waals surface area contributed by atoms with Crippen molar-refractivity contribution in [2.75, 3.05) is 24.6 Å². The third kappa shape index (κ3) is 4.07. The molecule has 1 heterocycles. The van der Waals surface area contributed by atoms with Gasteiger partial charge in [0, 0.05) is 18.2 Å². The molecule has 1 aliphatic heterocycles. The number of nitrogens with one attached hydrogen (secondary N) is 1. The average Bonchev–Trinajstić information content (AvgIpc) is 2.56. The monoisotopic (exact) mass is 304 g/mol. The molecule has 1 aromatic carbocycles. The second-order valence-electron chi connectivity index (χ2n) is 5.53. The summed E-state index contributed by atoms with van der Waals surface area (Å²) < 4.78 is 5.53. The van der Waals surface area contributed by atoms with Crippen LogP contribution in [0.25, 0.3) is 0 Å². The van der Waals surface area contributed by atoms with E-state index in [1.54, 1.807) is 4.90 Å². The van der Waals surface area contributed by atoms with Crippen molar-refractivity contribution in [2.24, 2.45) is 5.92 Å². The smallest absolute Gasteiger partial charge is 0.253 e. The number of hydrogen-bond donors (Lipinski definition) is 1. The summed E-state index contributed by atoms with van der Waals surface area (Å²) in [5.41, 5.74) is 0.868. The summed E-state index contributed by atoms with van der Waals surface area (Å²) in [5.74, 6) is 0.0704. The third-order valence-electron chi connectivity index (χ3n) is 4.06. The van der Waals surface area contributed by atoms with Crippen LogP contribution in [0, 0.1) is 5.92 Å². The van der Waals surface area contributed by atoms with Crippen molar-refractivity contribution in [1.82, 2.24) is 5.32 Å². The summed E-state index contributed by atoms with van der Waals surface area (Å²) in [4.78, 5) is 25.7. The fourth-order valence-electron chi connectivity index (χ4n) is 2.62. The average molecular weight is 304 g/mol. The largest absolute Gasteiger partial charge is 0.365 e. The van der Waals surface area contributed by atoms with Gasteiger partial charge in [-0.3, -0.25) is 9.59 Å². The van der Waals surface area contributed by atoms with Gasteiger partial charge in [-0.05, 0) is 25.0 Å².